The standard InChI is InChI=1S/C19H22N2O4/c1-19(18(20)24)9-4-10-21(12-19)11-13-7-8-16(25-13)14-5-2-3-6-15(14)17(22)23/h2-3,5-8H,4,9-12H2,1H3,(H2,20,24)(H,22,23)/t19-/m0/s1. The van der Waals surface area contributed by atoms with Crippen molar-refractivity contribution in [2.45, 2.75) is 26.3 Å². The first kappa shape index (κ1) is 17.2. The molecule has 6 heteroatoms. The highest BCUT2D eigenvalue weighted by Gasteiger charge is 2.36. The third-order valence-electron chi connectivity index (χ3n) is 4.83. The zero-order valence-electron chi connectivity index (χ0n) is 14.2. The predicted octanol–water partition coefficient (Wildman–Crippen LogP) is 2.73. The molecule has 1 aromatic carbocycles. The fraction of sp³-hybridized carbons (Fsp3) is 0.368. The maximum atomic E-state index is 11.7. The summed E-state index contributed by atoms with van der Waals surface area (Å²) < 4.78 is 5.87. The topological polar surface area (TPSA) is 96.8 Å². The average Bonchev–Trinajstić information content (AvgIpc) is 3.03. The van der Waals surface area contributed by atoms with E-state index in [-0.39, 0.29) is 11.5 Å². The molecule has 2 aromatic rings. The molecule has 132 valence electrons. The van der Waals surface area contributed by atoms with E-state index in [1.807, 2.05) is 13.0 Å². The van der Waals surface area contributed by atoms with Crippen molar-refractivity contribution in [3.63, 3.8) is 0 Å². The fourth-order valence-corrected chi connectivity index (χ4v) is 3.39. The Morgan fingerprint density at radius 2 is 2.04 bits per heavy atom. The van der Waals surface area contributed by atoms with Gasteiger partial charge < -0.3 is 15.3 Å². The van der Waals surface area contributed by atoms with Crippen LogP contribution in [-0.4, -0.2) is 35.0 Å². The Bertz CT molecular complexity index is 798. The molecule has 0 unspecified atom stereocenters. The Morgan fingerprint density at radius 1 is 1.28 bits per heavy atom. The number of carboxylic acids is 1. The molecule has 2 heterocycles. The number of hydrogen-bond donors (Lipinski definition) is 2. The largest absolute Gasteiger partial charge is 0.478 e. The quantitative estimate of drug-likeness (QED) is 0.871. The maximum Gasteiger partial charge on any atom is 0.336 e. The molecule has 3 N–H and O–H groups in total. The van der Waals surface area contributed by atoms with Crippen molar-refractivity contribution in [2.75, 3.05) is 13.1 Å². The lowest BCUT2D eigenvalue weighted by Gasteiger charge is -2.37. The van der Waals surface area contributed by atoms with Gasteiger partial charge in [-0.3, -0.25) is 9.69 Å². The lowest BCUT2D eigenvalue weighted by molar-refractivity contribution is -0.130. The van der Waals surface area contributed by atoms with Crippen LogP contribution in [0.15, 0.2) is 40.8 Å². The number of aromatic carboxylic acids is 1. The second kappa shape index (κ2) is 6.72. The van der Waals surface area contributed by atoms with Crippen LogP contribution in [0.5, 0.6) is 0 Å². The minimum absolute atomic E-state index is 0.211. The first-order valence-electron chi connectivity index (χ1n) is 8.33. The Morgan fingerprint density at radius 3 is 2.76 bits per heavy atom. The second-order valence-electron chi connectivity index (χ2n) is 6.86. The average molecular weight is 342 g/mol. The minimum atomic E-state index is -0.984. The van der Waals surface area contributed by atoms with Gasteiger partial charge in [-0.25, -0.2) is 4.79 Å². The molecule has 1 amide bonds. The van der Waals surface area contributed by atoms with E-state index >= 15 is 0 Å². The van der Waals surface area contributed by atoms with Gasteiger partial charge in [-0.1, -0.05) is 18.2 Å². The number of hydrogen-bond acceptors (Lipinski definition) is 4. The van der Waals surface area contributed by atoms with Crippen LogP contribution in [0.1, 0.15) is 35.9 Å². The van der Waals surface area contributed by atoms with Crippen molar-refractivity contribution in [1.29, 1.82) is 0 Å². The van der Waals surface area contributed by atoms with Gasteiger partial charge in [-0.2, -0.15) is 0 Å². The summed E-state index contributed by atoms with van der Waals surface area (Å²) in [5.74, 6) is 0.0149. The van der Waals surface area contributed by atoms with Gasteiger partial charge >= 0.3 is 5.97 Å². The van der Waals surface area contributed by atoms with Gasteiger partial charge in [0.25, 0.3) is 0 Å². The molecule has 0 spiro atoms. The van der Waals surface area contributed by atoms with Crippen LogP contribution < -0.4 is 5.73 Å². The van der Waals surface area contributed by atoms with Crippen molar-refractivity contribution < 1.29 is 19.1 Å². The first-order chi connectivity index (χ1) is 11.9. The normalized spacial score (nSPS) is 21.2. The smallest absolute Gasteiger partial charge is 0.336 e. The molecule has 1 fully saturated rings. The van der Waals surface area contributed by atoms with Gasteiger partial charge in [0.1, 0.15) is 11.5 Å². The van der Waals surface area contributed by atoms with E-state index in [1.165, 1.54) is 0 Å². The van der Waals surface area contributed by atoms with Gasteiger partial charge in [-0.05, 0) is 44.5 Å². The first-order valence-corrected chi connectivity index (χ1v) is 8.33. The van der Waals surface area contributed by atoms with E-state index in [9.17, 15) is 14.7 Å². The van der Waals surface area contributed by atoms with Crippen LogP contribution in [0.4, 0.5) is 0 Å². The van der Waals surface area contributed by atoms with Gasteiger partial charge in [-0.15, -0.1) is 0 Å². The van der Waals surface area contributed by atoms with Crippen LogP contribution in [0.25, 0.3) is 11.3 Å². The predicted molar refractivity (Wildman–Crippen MR) is 92.9 cm³/mol. The molecule has 1 aromatic heterocycles. The van der Waals surface area contributed by atoms with E-state index in [2.05, 4.69) is 4.90 Å². The zero-order chi connectivity index (χ0) is 18.0. The number of amides is 1. The van der Waals surface area contributed by atoms with Crippen molar-refractivity contribution in [2.24, 2.45) is 11.1 Å². The summed E-state index contributed by atoms with van der Waals surface area (Å²) in [5, 5.41) is 9.31. The van der Waals surface area contributed by atoms with Crippen molar-refractivity contribution in [3.8, 4) is 11.3 Å². The third-order valence-corrected chi connectivity index (χ3v) is 4.83. The van der Waals surface area contributed by atoms with Crippen molar-refractivity contribution in [1.82, 2.24) is 4.90 Å². The monoisotopic (exact) mass is 342 g/mol. The highest BCUT2D eigenvalue weighted by molar-refractivity contribution is 5.95. The van der Waals surface area contributed by atoms with Crippen LogP contribution in [0.3, 0.4) is 0 Å². The van der Waals surface area contributed by atoms with E-state index in [1.54, 1.807) is 30.3 Å². The van der Waals surface area contributed by atoms with Crippen molar-refractivity contribution >= 4 is 11.9 Å². The molecule has 1 aliphatic heterocycles. The number of furan rings is 1. The summed E-state index contributed by atoms with van der Waals surface area (Å²) in [4.78, 5) is 25.2. The number of nitrogens with two attached hydrogens (primary N) is 1. The molecule has 1 aliphatic rings. The molecule has 25 heavy (non-hydrogen) atoms. The summed E-state index contributed by atoms with van der Waals surface area (Å²) >= 11 is 0. The SMILES string of the molecule is C[C@]1(C(N)=O)CCCN(Cc2ccc(-c3ccccc3C(=O)O)o2)C1. The van der Waals surface area contributed by atoms with E-state index in [0.29, 0.717) is 24.4 Å². The molecule has 6 nitrogen and oxygen atoms in total. The molecule has 0 saturated carbocycles. The number of carbonyl (C=O) groups is 2. The Kier molecular flexibility index (Phi) is 4.63. The van der Waals surface area contributed by atoms with Gasteiger partial charge in [0.05, 0.1) is 17.5 Å². The van der Waals surface area contributed by atoms with Crippen LogP contribution in [0, 0.1) is 5.41 Å². The van der Waals surface area contributed by atoms with Crippen LogP contribution >= 0.6 is 0 Å². The maximum absolute atomic E-state index is 11.7. The highest BCUT2D eigenvalue weighted by atomic mass is 16.4. The van der Waals surface area contributed by atoms with Crippen molar-refractivity contribution in [3.05, 3.63) is 47.7 Å². The Hall–Kier alpha value is -2.60. The molecule has 1 atom stereocenters. The summed E-state index contributed by atoms with van der Waals surface area (Å²) in [5.41, 5.74) is 5.80. The van der Waals surface area contributed by atoms with E-state index in [0.717, 1.165) is 25.1 Å². The molecular formula is C19H22N2O4. The lowest BCUT2D eigenvalue weighted by Crippen LogP contribution is -2.48. The Labute approximate surface area is 146 Å². The van der Waals surface area contributed by atoms with Crippen LogP contribution in [0.2, 0.25) is 0 Å². The molecule has 0 radical (unpaired) electrons. The molecule has 3 rings (SSSR count). The highest BCUT2D eigenvalue weighted by Crippen LogP contribution is 2.31. The minimum Gasteiger partial charge on any atom is -0.478 e. The van der Waals surface area contributed by atoms with E-state index in [4.69, 9.17) is 10.2 Å². The number of carboxylic acid groups (broad SMARTS) is 1. The number of primary amides is 1. The second-order valence-corrected chi connectivity index (χ2v) is 6.86. The summed E-state index contributed by atoms with van der Waals surface area (Å²) in [6, 6.07) is 10.4. The molecule has 0 aliphatic carbocycles. The molecular weight excluding hydrogens is 320 g/mol. The molecule has 1 saturated heterocycles. The van der Waals surface area contributed by atoms with Gasteiger partial charge in [0.15, 0.2) is 0 Å². The van der Waals surface area contributed by atoms with Crippen LogP contribution in [-0.2, 0) is 11.3 Å². The fourth-order valence-electron chi connectivity index (χ4n) is 3.39. The van der Waals surface area contributed by atoms with Gasteiger partial charge in [0.2, 0.25) is 5.91 Å². The van der Waals surface area contributed by atoms with E-state index < -0.39 is 11.4 Å². The lowest BCUT2D eigenvalue weighted by atomic mass is 9.81. The number of nitrogens with zero attached hydrogens (tertiary/aromatic N) is 1. The number of benzene rings is 1. The number of piperidine rings is 1. The number of rotatable bonds is 5. The van der Waals surface area contributed by atoms with Gasteiger partial charge in [0, 0.05) is 12.1 Å². The zero-order valence-corrected chi connectivity index (χ0v) is 14.2. The summed E-state index contributed by atoms with van der Waals surface area (Å²) in [6.07, 6.45) is 1.71. The number of carbonyl (C=O) groups excluding carboxylic acids is 1. The summed E-state index contributed by atoms with van der Waals surface area (Å²) in [6.45, 7) is 3.95. The molecule has 0 bridgehead atoms. The summed E-state index contributed by atoms with van der Waals surface area (Å²) in [7, 11) is 0. The third kappa shape index (κ3) is 3.58. The Balaban J connectivity index is 1.77. The number of likely N-dealkylation sites (tertiary alicyclic amines) is 1.